The van der Waals surface area contributed by atoms with Gasteiger partial charge in [0.15, 0.2) is 16.8 Å². The lowest BCUT2D eigenvalue weighted by molar-refractivity contribution is 0.0957. The Hall–Kier alpha value is -2.32. The Balaban J connectivity index is 1.45. The first-order valence-electron chi connectivity index (χ1n) is 9.84. The minimum atomic E-state index is 0.103. The van der Waals surface area contributed by atoms with Gasteiger partial charge in [-0.15, -0.1) is 10.2 Å². The Labute approximate surface area is 174 Å². The van der Waals surface area contributed by atoms with Crippen molar-refractivity contribution < 1.29 is 13.9 Å². The molecule has 29 heavy (non-hydrogen) atoms. The van der Waals surface area contributed by atoms with Gasteiger partial charge in [0.2, 0.25) is 0 Å². The second-order valence-corrected chi connectivity index (χ2v) is 8.44. The summed E-state index contributed by atoms with van der Waals surface area (Å²) >= 11 is 1.41. The van der Waals surface area contributed by atoms with Gasteiger partial charge >= 0.3 is 0 Å². The van der Waals surface area contributed by atoms with Gasteiger partial charge in [0.05, 0.1) is 23.7 Å². The van der Waals surface area contributed by atoms with Crippen LogP contribution in [0.4, 0.5) is 0 Å². The molecule has 0 amide bonds. The van der Waals surface area contributed by atoms with Crippen molar-refractivity contribution in [2.75, 3.05) is 12.4 Å². The van der Waals surface area contributed by atoms with Gasteiger partial charge in [-0.05, 0) is 45.7 Å². The number of hydrogen-bond acceptors (Lipinski definition) is 6. The molecule has 1 aliphatic rings. The van der Waals surface area contributed by atoms with E-state index in [9.17, 15) is 4.79 Å². The number of ketones is 1. The molecule has 0 unspecified atom stereocenters. The molecule has 0 aliphatic carbocycles. The molecule has 3 aromatic rings. The van der Waals surface area contributed by atoms with Crippen LogP contribution < -0.4 is 0 Å². The number of rotatable bonds is 7. The predicted octanol–water partition coefficient (Wildman–Crippen LogP) is 3.96. The Morgan fingerprint density at radius 1 is 1.31 bits per heavy atom. The maximum Gasteiger partial charge on any atom is 0.191 e. The van der Waals surface area contributed by atoms with Crippen molar-refractivity contribution >= 4 is 17.5 Å². The number of carbonyl (C=O) groups is 1. The van der Waals surface area contributed by atoms with E-state index < -0.39 is 0 Å². The minimum Gasteiger partial charge on any atom is -0.469 e. The highest BCUT2D eigenvalue weighted by atomic mass is 32.2. The first-order valence-corrected chi connectivity index (χ1v) is 10.8. The maximum absolute atomic E-state index is 12.9. The summed E-state index contributed by atoms with van der Waals surface area (Å²) in [6.45, 7) is 7.61. The zero-order valence-corrected chi connectivity index (χ0v) is 18.1. The van der Waals surface area contributed by atoms with Crippen molar-refractivity contribution in [1.82, 2.24) is 19.3 Å². The van der Waals surface area contributed by atoms with E-state index in [0.29, 0.717) is 10.9 Å². The van der Waals surface area contributed by atoms with Crippen molar-refractivity contribution in [2.45, 2.75) is 51.4 Å². The molecule has 0 spiro atoms. The third-order valence-corrected chi connectivity index (χ3v) is 6.57. The van der Waals surface area contributed by atoms with Crippen LogP contribution >= 0.6 is 11.8 Å². The van der Waals surface area contributed by atoms with Gasteiger partial charge < -0.3 is 18.3 Å². The van der Waals surface area contributed by atoms with Crippen LogP contribution in [0.1, 0.15) is 40.3 Å². The molecule has 7 nitrogen and oxygen atoms in total. The van der Waals surface area contributed by atoms with Crippen molar-refractivity contribution in [2.24, 2.45) is 7.05 Å². The predicted molar refractivity (Wildman–Crippen MR) is 111 cm³/mol. The zero-order valence-electron chi connectivity index (χ0n) is 17.3. The molecule has 0 radical (unpaired) electrons. The van der Waals surface area contributed by atoms with Gasteiger partial charge in [-0.2, -0.15) is 0 Å². The van der Waals surface area contributed by atoms with E-state index in [4.69, 9.17) is 9.15 Å². The molecule has 4 heterocycles. The molecular formula is C21H26N4O3S. The Morgan fingerprint density at radius 3 is 2.83 bits per heavy atom. The van der Waals surface area contributed by atoms with Gasteiger partial charge in [0, 0.05) is 37.2 Å². The normalized spacial score (nSPS) is 16.6. The van der Waals surface area contributed by atoms with Crippen molar-refractivity contribution in [1.29, 1.82) is 0 Å². The highest BCUT2D eigenvalue weighted by molar-refractivity contribution is 7.99. The molecule has 154 valence electrons. The SMILES string of the molecule is Cc1occc1-c1nnc(SCC(=O)c2cc(C)n(C[C@H]3CCCO3)c2C)n1C. The molecule has 0 aromatic carbocycles. The standard InChI is InChI=1S/C21H26N4O3S/c1-13-10-18(14(2)25(13)11-16-6-5-8-28-16)19(26)12-29-21-23-22-20(24(21)4)17-7-9-27-15(17)3/h7,9-10,16H,5-6,8,11-12H2,1-4H3/t16-/m1/s1. The Morgan fingerprint density at radius 2 is 2.14 bits per heavy atom. The third-order valence-electron chi connectivity index (χ3n) is 5.55. The molecule has 3 aromatic heterocycles. The second-order valence-electron chi connectivity index (χ2n) is 7.50. The van der Waals surface area contributed by atoms with Crippen LogP contribution in [0.2, 0.25) is 0 Å². The summed E-state index contributed by atoms with van der Waals surface area (Å²) in [6.07, 6.45) is 4.09. The highest BCUT2D eigenvalue weighted by Gasteiger charge is 2.22. The summed E-state index contributed by atoms with van der Waals surface area (Å²) in [5.74, 6) is 1.96. The third kappa shape index (κ3) is 3.91. The fourth-order valence-corrected chi connectivity index (χ4v) is 4.65. The summed E-state index contributed by atoms with van der Waals surface area (Å²) in [4.78, 5) is 12.9. The largest absolute Gasteiger partial charge is 0.469 e. The van der Waals surface area contributed by atoms with Gasteiger partial charge in [-0.1, -0.05) is 11.8 Å². The minimum absolute atomic E-state index is 0.103. The lowest BCUT2D eigenvalue weighted by atomic mass is 10.2. The number of aryl methyl sites for hydroxylation is 2. The van der Waals surface area contributed by atoms with Gasteiger partial charge in [-0.25, -0.2) is 0 Å². The van der Waals surface area contributed by atoms with E-state index in [2.05, 4.69) is 14.8 Å². The molecule has 1 saturated heterocycles. The molecule has 0 bridgehead atoms. The second kappa shape index (κ2) is 8.20. The summed E-state index contributed by atoms with van der Waals surface area (Å²) in [5, 5.41) is 9.23. The van der Waals surface area contributed by atoms with Crippen LogP contribution in [0.15, 0.2) is 28.0 Å². The number of ether oxygens (including phenoxy) is 1. The average Bonchev–Trinajstić information content (AvgIpc) is 3.47. The van der Waals surface area contributed by atoms with E-state index in [1.54, 1.807) is 6.26 Å². The number of thioether (sulfide) groups is 1. The van der Waals surface area contributed by atoms with Crippen molar-refractivity contribution in [3.8, 4) is 11.4 Å². The number of nitrogens with zero attached hydrogens (tertiary/aromatic N) is 4. The van der Waals surface area contributed by atoms with E-state index in [1.165, 1.54) is 11.8 Å². The fourth-order valence-electron chi connectivity index (χ4n) is 3.86. The summed E-state index contributed by atoms with van der Waals surface area (Å²) in [5.41, 5.74) is 3.80. The van der Waals surface area contributed by atoms with E-state index in [0.717, 1.165) is 60.1 Å². The van der Waals surface area contributed by atoms with Crippen molar-refractivity contribution in [3.05, 3.63) is 41.1 Å². The number of carbonyl (C=O) groups excluding carboxylic acids is 1. The van der Waals surface area contributed by atoms with Gasteiger partial charge in [0.1, 0.15) is 5.76 Å². The fraction of sp³-hybridized carbons (Fsp3) is 0.476. The molecule has 0 saturated carbocycles. The van der Waals surface area contributed by atoms with Gasteiger partial charge in [-0.3, -0.25) is 4.79 Å². The monoisotopic (exact) mass is 414 g/mol. The summed E-state index contributed by atoms with van der Waals surface area (Å²) < 4.78 is 15.2. The quantitative estimate of drug-likeness (QED) is 0.430. The number of Topliss-reactive ketones (excluding diaryl/α,β-unsaturated/α-hetero) is 1. The molecule has 8 heteroatoms. The summed E-state index contributed by atoms with van der Waals surface area (Å²) in [6, 6.07) is 3.87. The molecule has 4 rings (SSSR count). The number of aromatic nitrogens is 4. The molecule has 1 aliphatic heterocycles. The first-order chi connectivity index (χ1) is 14.0. The van der Waals surface area contributed by atoms with E-state index in [1.807, 2.05) is 44.5 Å². The summed E-state index contributed by atoms with van der Waals surface area (Å²) in [7, 11) is 1.90. The van der Waals surface area contributed by atoms with Gasteiger partial charge in [0.25, 0.3) is 0 Å². The van der Waals surface area contributed by atoms with Crippen LogP contribution in [0.3, 0.4) is 0 Å². The topological polar surface area (TPSA) is 75.1 Å². The van der Waals surface area contributed by atoms with E-state index in [-0.39, 0.29) is 11.9 Å². The highest BCUT2D eigenvalue weighted by Crippen LogP contribution is 2.27. The van der Waals surface area contributed by atoms with Crippen molar-refractivity contribution in [3.63, 3.8) is 0 Å². The number of hydrogen-bond donors (Lipinski definition) is 0. The van der Waals surface area contributed by atoms with Crippen LogP contribution in [0.25, 0.3) is 11.4 Å². The number of furan rings is 1. The smallest absolute Gasteiger partial charge is 0.191 e. The Kier molecular flexibility index (Phi) is 5.65. The van der Waals surface area contributed by atoms with Crippen LogP contribution in [-0.4, -0.2) is 43.6 Å². The van der Waals surface area contributed by atoms with Crippen LogP contribution in [0, 0.1) is 20.8 Å². The van der Waals surface area contributed by atoms with Crippen LogP contribution in [0.5, 0.6) is 0 Å². The molecular weight excluding hydrogens is 388 g/mol. The van der Waals surface area contributed by atoms with E-state index >= 15 is 0 Å². The molecule has 1 atom stereocenters. The van der Waals surface area contributed by atoms with Crippen LogP contribution in [-0.2, 0) is 18.3 Å². The molecule has 1 fully saturated rings. The Bertz CT molecular complexity index is 1030. The molecule has 0 N–H and O–H groups in total. The maximum atomic E-state index is 12.9. The lowest BCUT2D eigenvalue weighted by Gasteiger charge is -2.14. The zero-order chi connectivity index (χ0) is 20.5. The first kappa shape index (κ1) is 20.0. The average molecular weight is 415 g/mol. The lowest BCUT2D eigenvalue weighted by Crippen LogP contribution is -2.17.